The summed E-state index contributed by atoms with van der Waals surface area (Å²) in [6.07, 6.45) is 1.22. The maximum Gasteiger partial charge on any atom is 0.00783 e. The van der Waals surface area contributed by atoms with Gasteiger partial charge < -0.3 is 5.32 Å². The summed E-state index contributed by atoms with van der Waals surface area (Å²) in [6, 6.07) is 15.2. The van der Waals surface area contributed by atoms with Crippen LogP contribution in [-0.4, -0.2) is 19.3 Å². The first-order valence-corrected chi connectivity index (χ1v) is 6.65. The molecule has 16 heavy (non-hydrogen) atoms. The van der Waals surface area contributed by atoms with E-state index in [4.69, 9.17) is 0 Å². The summed E-state index contributed by atoms with van der Waals surface area (Å²) in [5.74, 6) is 1.18. The third-order valence-electron chi connectivity index (χ3n) is 2.56. The molecule has 2 rings (SSSR count). The minimum absolute atomic E-state index is 1.10. The molecule has 0 unspecified atom stereocenters. The quantitative estimate of drug-likeness (QED) is 0.624. The lowest BCUT2D eigenvalue weighted by Crippen LogP contribution is -2.07. The van der Waals surface area contributed by atoms with Crippen molar-refractivity contribution in [3.63, 3.8) is 0 Å². The molecule has 0 heterocycles. The Labute approximate surface area is 101 Å². The highest BCUT2D eigenvalue weighted by Crippen LogP contribution is 2.23. The fourth-order valence-corrected chi connectivity index (χ4v) is 2.60. The van der Waals surface area contributed by atoms with Crippen LogP contribution >= 0.6 is 11.8 Å². The number of rotatable bonds is 5. The van der Waals surface area contributed by atoms with Crippen molar-refractivity contribution < 1.29 is 0 Å². The van der Waals surface area contributed by atoms with Gasteiger partial charge in [-0.3, -0.25) is 0 Å². The molecule has 0 saturated heterocycles. The van der Waals surface area contributed by atoms with Crippen molar-refractivity contribution in [2.75, 3.05) is 19.3 Å². The standard InChI is InChI=1S/C14H17NS/c1-15-9-4-10-16-14-8-7-12-5-2-3-6-13(12)11-14/h2-3,5-8,11,15H,4,9-10H2,1H3. The summed E-state index contributed by atoms with van der Waals surface area (Å²) >= 11 is 1.94. The molecule has 0 fully saturated rings. The lowest BCUT2D eigenvalue weighted by molar-refractivity contribution is 0.778. The van der Waals surface area contributed by atoms with Crippen LogP contribution in [0.2, 0.25) is 0 Å². The van der Waals surface area contributed by atoms with Crippen molar-refractivity contribution in [3.05, 3.63) is 42.5 Å². The third kappa shape index (κ3) is 3.00. The predicted octanol–water partition coefficient (Wildman–Crippen LogP) is 3.54. The van der Waals surface area contributed by atoms with Gasteiger partial charge >= 0.3 is 0 Å². The average Bonchev–Trinajstić information content (AvgIpc) is 2.34. The fraction of sp³-hybridized carbons (Fsp3) is 0.286. The normalized spacial score (nSPS) is 10.8. The Morgan fingerprint density at radius 2 is 1.88 bits per heavy atom. The van der Waals surface area contributed by atoms with Gasteiger partial charge in [-0.2, -0.15) is 0 Å². The SMILES string of the molecule is CNCCCSc1ccc2ccccc2c1. The van der Waals surface area contributed by atoms with E-state index in [0.717, 1.165) is 6.54 Å². The van der Waals surface area contributed by atoms with Crippen molar-refractivity contribution in [1.29, 1.82) is 0 Å². The van der Waals surface area contributed by atoms with E-state index in [-0.39, 0.29) is 0 Å². The summed E-state index contributed by atoms with van der Waals surface area (Å²) in [5, 5.41) is 5.83. The van der Waals surface area contributed by atoms with E-state index in [2.05, 4.69) is 47.8 Å². The van der Waals surface area contributed by atoms with Gasteiger partial charge in [0, 0.05) is 4.90 Å². The maximum atomic E-state index is 3.17. The zero-order chi connectivity index (χ0) is 11.2. The molecule has 1 N–H and O–H groups in total. The van der Waals surface area contributed by atoms with Crippen LogP contribution in [0, 0.1) is 0 Å². The van der Waals surface area contributed by atoms with E-state index in [9.17, 15) is 0 Å². The van der Waals surface area contributed by atoms with E-state index < -0.39 is 0 Å². The highest BCUT2D eigenvalue weighted by atomic mass is 32.2. The molecule has 2 aromatic carbocycles. The average molecular weight is 231 g/mol. The molecule has 0 aromatic heterocycles. The van der Waals surface area contributed by atoms with Gasteiger partial charge in [-0.1, -0.05) is 30.3 Å². The minimum atomic E-state index is 1.10. The Balaban J connectivity index is 2.02. The van der Waals surface area contributed by atoms with E-state index in [1.807, 2.05) is 18.8 Å². The van der Waals surface area contributed by atoms with Gasteiger partial charge in [0.25, 0.3) is 0 Å². The van der Waals surface area contributed by atoms with Crippen LogP contribution in [0.4, 0.5) is 0 Å². The molecule has 0 radical (unpaired) electrons. The molecule has 0 spiro atoms. The van der Waals surface area contributed by atoms with E-state index in [0.29, 0.717) is 0 Å². The van der Waals surface area contributed by atoms with Crippen molar-refractivity contribution >= 4 is 22.5 Å². The van der Waals surface area contributed by atoms with Crippen LogP contribution in [0.15, 0.2) is 47.4 Å². The van der Waals surface area contributed by atoms with Gasteiger partial charge in [-0.15, -0.1) is 11.8 Å². The Morgan fingerprint density at radius 3 is 2.69 bits per heavy atom. The summed E-state index contributed by atoms with van der Waals surface area (Å²) in [7, 11) is 2.00. The molecular formula is C14H17NS. The van der Waals surface area contributed by atoms with Gasteiger partial charge in [0.2, 0.25) is 0 Å². The first-order chi connectivity index (χ1) is 7.90. The second-order valence-corrected chi connectivity index (χ2v) is 4.98. The maximum absolute atomic E-state index is 3.17. The largest absolute Gasteiger partial charge is 0.320 e. The molecular weight excluding hydrogens is 214 g/mol. The Hall–Kier alpha value is -0.990. The molecule has 0 bridgehead atoms. The molecule has 0 amide bonds. The highest BCUT2D eigenvalue weighted by Gasteiger charge is 1.96. The van der Waals surface area contributed by atoms with Crippen LogP contribution in [0.25, 0.3) is 10.8 Å². The topological polar surface area (TPSA) is 12.0 Å². The molecule has 2 heteroatoms. The van der Waals surface area contributed by atoms with Crippen LogP contribution in [0.5, 0.6) is 0 Å². The minimum Gasteiger partial charge on any atom is -0.320 e. The number of thioether (sulfide) groups is 1. The molecule has 1 nitrogen and oxygen atoms in total. The first-order valence-electron chi connectivity index (χ1n) is 5.66. The van der Waals surface area contributed by atoms with Gasteiger partial charge in [0.15, 0.2) is 0 Å². The van der Waals surface area contributed by atoms with Gasteiger partial charge in [0.1, 0.15) is 0 Å². The number of hydrogen-bond donors (Lipinski definition) is 1. The zero-order valence-corrected chi connectivity index (χ0v) is 10.4. The molecule has 2 aromatic rings. The number of nitrogens with one attached hydrogen (secondary N) is 1. The van der Waals surface area contributed by atoms with Crippen LogP contribution < -0.4 is 5.32 Å². The summed E-state index contributed by atoms with van der Waals surface area (Å²) in [6.45, 7) is 1.10. The summed E-state index contributed by atoms with van der Waals surface area (Å²) in [4.78, 5) is 1.37. The van der Waals surface area contributed by atoms with Crippen molar-refractivity contribution in [2.45, 2.75) is 11.3 Å². The Bertz CT molecular complexity index is 453. The zero-order valence-electron chi connectivity index (χ0n) is 9.57. The molecule has 0 aliphatic rings. The smallest absolute Gasteiger partial charge is 0.00783 e. The Morgan fingerprint density at radius 1 is 1.06 bits per heavy atom. The van der Waals surface area contributed by atoms with Gasteiger partial charge in [-0.25, -0.2) is 0 Å². The molecule has 0 saturated carbocycles. The van der Waals surface area contributed by atoms with Crippen molar-refractivity contribution in [2.24, 2.45) is 0 Å². The third-order valence-corrected chi connectivity index (χ3v) is 3.64. The van der Waals surface area contributed by atoms with E-state index >= 15 is 0 Å². The highest BCUT2D eigenvalue weighted by molar-refractivity contribution is 7.99. The monoisotopic (exact) mass is 231 g/mol. The van der Waals surface area contributed by atoms with Crippen molar-refractivity contribution in [3.8, 4) is 0 Å². The van der Waals surface area contributed by atoms with Crippen LogP contribution in [0.1, 0.15) is 6.42 Å². The Kier molecular flexibility index (Phi) is 4.25. The van der Waals surface area contributed by atoms with Crippen LogP contribution in [0.3, 0.4) is 0 Å². The molecule has 0 aliphatic heterocycles. The molecule has 0 aliphatic carbocycles. The first kappa shape index (κ1) is 11.5. The number of benzene rings is 2. The number of fused-ring (bicyclic) bond motifs is 1. The lowest BCUT2D eigenvalue weighted by atomic mass is 10.1. The van der Waals surface area contributed by atoms with Gasteiger partial charge in [-0.05, 0) is 48.7 Å². The fourth-order valence-electron chi connectivity index (χ4n) is 1.70. The number of hydrogen-bond acceptors (Lipinski definition) is 2. The predicted molar refractivity (Wildman–Crippen MR) is 73.2 cm³/mol. The summed E-state index contributed by atoms with van der Waals surface area (Å²) < 4.78 is 0. The summed E-state index contributed by atoms with van der Waals surface area (Å²) in [5.41, 5.74) is 0. The lowest BCUT2D eigenvalue weighted by Gasteiger charge is -2.03. The van der Waals surface area contributed by atoms with E-state index in [1.54, 1.807) is 0 Å². The molecule has 0 atom stereocenters. The molecule has 84 valence electrons. The second kappa shape index (κ2) is 5.92. The second-order valence-electron chi connectivity index (χ2n) is 3.81. The van der Waals surface area contributed by atoms with E-state index in [1.165, 1.54) is 27.8 Å². The van der Waals surface area contributed by atoms with Gasteiger partial charge in [0.05, 0.1) is 0 Å². The van der Waals surface area contributed by atoms with Crippen molar-refractivity contribution in [1.82, 2.24) is 5.32 Å². The van der Waals surface area contributed by atoms with Crippen LogP contribution in [-0.2, 0) is 0 Å².